The normalized spacial score (nSPS) is 19.8. The summed E-state index contributed by atoms with van der Waals surface area (Å²) in [6, 6.07) is 2.31. The van der Waals surface area contributed by atoms with E-state index in [0.29, 0.717) is 12.0 Å². The van der Waals surface area contributed by atoms with Crippen LogP contribution in [0.15, 0.2) is 6.07 Å². The summed E-state index contributed by atoms with van der Waals surface area (Å²) in [5.74, 6) is 0.693. The van der Waals surface area contributed by atoms with Crippen LogP contribution in [0.1, 0.15) is 49.8 Å². The molecule has 0 bridgehead atoms. The Morgan fingerprint density at radius 3 is 2.83 bits per heavy atom. The Hall–Kier alpha value is -1.32. The van der Waals surface area contributed by atoms with E-state index in [1.54, 1.807) is 4.68 Å². The van der Waals surface area contributed by atoms with Gasteiger partial charge in [0, 0.05) is 19.6 Å². The van der Waals surface area contributed by atoms with E-state index >= 15 is 0 Å². The van der Waals surface area contributed by atoms with E-state index in [9.17, 15) is 4.79 Å². The number of carbonyl (C=O) groups excluding carboxylic acids is 1. The fourth-order valence-corrected chi connectivity index (χ4v) is 2.63. The lowest BCUT2D eigenvalue weighted by molar-refractivity contribution is 0.0736. The van der Waals surface area contributed by atoms with Crippen molar-refractivity contribution in [3.05, 3.63) is 17.5 Å². The lowest BCUT2D eigenvalue weighted by Crippen LogP contribution is -2.34. The highest BCUT2D eigenvalue weighted by atomic mass is 16.2. The van der Waals surface area contributed by atoms with Crippen LogP contribution in [0.4, 0.5) is 0 Å². The third-order valence-corrected chi connectivity index (χ3v) is 3.58. The molecule has 4 heteroatoms. The number of amides is 1. The highest BCUT2D eigenvalue weighted by Gasteiger charge is 2.28. The number of nitrogens with zero attached hydrogens (tertiary/aromatic N) is 3. The van der Waals surface area contributed by atoms with Gasteiger partial charge in [-0.2, -0.15) is 5.10 Å². The van der Waals surface area contributed by atoms with Gasteiger partial charge in [-0.1, -0.05) is 13.8 Å². The van der Waals surface area contributed by atoms with Crippen LogP contribution in [0.5, 0.6) is 0 Å². The number of hydrogen-bond donors (Lipinski definition) is 0. The Morgan fingerprint density at radius 2 is 2.28 bits per heavy atom. The summed E-state index contributed by atoms with van der Waals surface area (Å²) in [7, 11) is 1.86. The average molecular weight is 249 g/mol. The van der Waals surface area contributed by atoms with Crippen molar-refractivity contribution in [3.8, 4) is 0 Å². The molecule has 0 saturated carbocycles. The van der Waals surface area contributed by atoms with Crippen LogP contribution in [-0.4, -0.2) is 33.2 Å². The highest BCUT2D eigenvalue weighted by Crippen LogP contribution is 2.20. The molecule has 0 radical (unpaired) electrons. The largest absolute Gasteiger partial charge is 0.335 e. The zero-order chi connectivity index (χ0) is 13.3. The number of aryl methyl sites for hydroxylation is 1. The molecule has 0 N–H and O–H groups in total. The third kappa shape index (κ3) is 2.57. The second-order valence-electron chi connectivity index (χ2n) is 5.73. The van der Waals surface area contributed by atoms with E-state index in [0.717, 1.165) is 37.2 Å². The Morgan fingerprint density at radius 1 is 1.56 bits per heavy atom. The van der Waals surface area contributed by atoms with E-state index in [2.05, 4.69) is 25.9 Å². The molecule has 1 aromatic heterocycles. The predicted molar refractivity (Wildman–Crippen MR) is 71.5 cm³/mol. The van der Waals surface area contributed by atoms with Crippen molar-refractivity contribution in [2.24, 2.45) is 13.0 Å². The lowest BCUT2D eigenvalue weighted by Gasteiger charge is -2.21. The number of aromatic nitrogens is 2. The predicted octanol–water partition coefficient (Wildman–Crippen LogP) is 2.24. The van der Waals surface area contributed by atoms with E-state index in [4.69, 9.17) is 0 Å². The molecule has 1 atom stereocenters. The van der Waals surface area contributed by atoms with E-state index in [1.807, 2.05) is 18.0 Å². The lowest BCUT2D eigenvalue weighted by atomic mass is 10.1. The van der Waals surface area contributed by atoms with Crippen molar-refractivity contribution in [2.75, 3.05) is 6.54 Å². The third-order valence-electron chi connectivity index (χ3n) is 3.58. The van der Waals surface area contributed by atoms with E-state index in [-0.39, 0.29) is 5.91 Å². The number of carbonyl (C=O) groups is 1. The van der Waals surface area contributed by atoms with Gasteiger partial charge in [-0.25, -0.2) is 0 Å². The smallest absolute Gasteiger partial charge is 0.272 e. The molecule has 1 aliphatic heterocycles. The maximum absolute atomic E-state index is 12.4. The second kappa shape index (κ2) is 5.12. The molecule has 18 heavy (non-hydrogen) atoms. The fourth-order valence-electron chi connectivity index (χ4n) is 2.63. The highest BCUT2D eigenvalue weighted by molar-refractivity contribution is 5.93. The van der Waals surface area contributed by atoms with Gasteiger partial charge in [-0.3, -0.25) is 9.48 Å². The molecule has 4 nitrogen and oxygen atoms in total. The molecule has 1 aliphatic rings. The standard InChI is InChI=1S/C14H23N3O/c1-10(2)8-12-9-13(16(4)15-12)14(18)17-7-5-6-11(17)3/h9-11H,5-8H2,1-4H3/t11-/m1/s1. The SMILES string of the molecule is CC(C)Cc1cc(C(=O)N2CCC[C@H]2C)n(C)n1. The quantitative estimate of drug-likeness (QED) is 0.824. The Balaban J connectivity index is 2.17. The van der Waals surface area contributed by atoms with Crippen LogP contribution >= 0.6 is 0 Å². The first-order chi connectivity index (χ1) is 8.49. The first kappa shape index (κ1) is 13.1. The summed E-state index contributed by atoms with van der Waals surface area (Å²) < 4.78 is 1.73. The number of likely N-dealkylation sites (tertiary alicyclic amines) is 1. The van der Waals surface area contributed by atoms with Crippen LogP contribution in [0.3, 0.4) is 0 Å². The molecule has 0 unspecified atom stereocenters. The first-order valence-electron chi connectivity index (χ1n) is 6.83. The summed E-state index contributed by atoms with van der Waals surface area (Å²) >= 11 is 0. The minimum Gasteiger partial charge on any atom is -0.335 e. The number of rotatable bonds is 3. The van der Waals surface area contributed by atoms with Gasteiger partial charge in [0.05, 0.1) is 5.69 Å². The van der Waals surface area contributed by atoms with Gasteiger partial charge in [0.1, 0.15) is 5.69 Å². The Kier molecular flexibility index (Phi) is 3.73. The Bertz CT molecular complexity index is 436. The van der Waals surface area contributed by atoms with Gasteiger partial charge in [-0.05, 0) is 38.2 Å². The summed E-state index contributed by atoms with van der Waals surface area (Å²) in [4.78, 5) is 14.4. The minimum absolute atomic E-state index is 0.130. The zero-order valence-electron chi connectivity index (χ0n) is 11.8. The van der Waals surface area contributed by atoms with Crippen molar-refractivity contribution < 1.29 is 4.79 Å². The molecular weight excluding hydrogens is 226 g/mol. The first-order valence-corrected chi connectivity index (χ1v) is 6.83. The average Bonchev–Trinajstić information content (AvgIpc) is 2.83. The molecule has 2 rings (SSSR count). The summed E-state index contributed by atoms with van der Waals surface area (Å²) in [5.41, 5.74) is 1.74. The molecule has 1 aromatic rings. The van der Waals surface area contributed by atoms with Crippen LogP contribution in [-0.2, 0) is 13.5 Å². The molecular formula is C14H23N3O. The molecule has 2 heterocycles. The van der Waals surface area contributed by atoms with Crippen molar-refractivity contribution in [2.45, 2.75) is 46.1 Å². The van der Waals surface area contributed by atoms with Crippen molar-refractivity contribution in [1.82, 2.24) is 14.7 Å². The topological polar surface area (TPSA) is 38.1 Å². The van der Waals surface area contributed by atoms with Gasteiger partial charge in [0.25, 0.3) is 5.91 Å². The molecule has 100 valence electrons. The zero-order valence-corrected chi connectivity index (χ0v) is 11.8. The van der Waals surface area contributed by atoms with Gasteiger partial charge < -0.3 is 4.90 Å². The van der Waals surface area contributed by atoms with E-state index in [1.165, 1.54) is 0 Å². The maximum atomic E-state index is 12.4. The van der Waals surface area contributed by atoms with Crippen LogP contribution in [0.2, 0.25) is 0 Å². The summed E-state index contributed by atoms with van der Waals surface area (Å²) in [6.07, 6.45) is 3.16. The van der Waals surface area contributed by atoms with Crippen LogP contribution in [0.25, 0.3) is 0 Å². The van der Waals surface area contributed by atoms with Crippen LogP contribution in [0, 0.1) is 5.92 Å². The summed E-state index contributed by atoms with van der Waals surface area (Å²) in [5, 5.41) is 4.44. The number of hydrogen-bond acceptors (Lipinski definition) is 2. The van der Waals surface area contributed by atoms with Crippen molar-refractivity contribution >= 4 is 5.91 Å². The maximum Gasteiger partial charge on any atom is 0.272 e. The van der Waals surface area contributed by atoms with Gasteiger partial charge in [0.15, 0.2) is 0 Å². The molecule has 1 saturated heterocycles. The molecule has 0 aromatic carbocycles. The minimum atomic E-state index is 0.130. The molecule has 0 aliphatic carbocycles. The Labute approximate surface area is 109 Å². The van der Waals surface area contributed by atoms with Crippen LogP contribution < -0.4 is 0 Å². The van der Waals surface area contributed by atoms with Crippen molar-refractivity contribution in [1.29, 1.82) is 0 Å². The van der Waals surface area contributed by atoms with Gasteiger partial charge in [0.2, 0.25) is 0 Å². The van der Waals surface area contributed by atoms with Gasteiger partial charge >= 0.3 is 0 Å². The molecule has 1 amide bonds. The second-order valence-corrected chi connectivity index (χ2v) is 5.73. The van der Waals surface area contributed by atoms with Crippen molar-refractivity contribution in [3.63, 3.8) is 0 Å². The van der Waals surface area contributed by atoms with Gasteiger partial charge in [-0.15, -0.1) is 0 Å². The molecule has 0 spiro atoms. The fraction of sp³-hybridized carbons (Fsp3) is 0.714. The monoisotopic (exact) mass is 249 g/mol. The van der Waals surface area contributed by atoms with E-state index < -0.39 is 0 Å². The summed E-state index contributed by atoms with van der Waals surface area (Å²) in [6.45, 7) is 7.33. The molecule has 1 fully saturated rings.